The van der Waals surface area contributed by atoms with Gasteiger partial charge in [-0.25, -0.2) is 0 Å². The van der Waals surface area contributed by atoms with E-state index in [0.717, 1.165) is 6.42 Å². The molecule has 0 spiro atoms. The minimum absolute atomic E-state index is 0.664. The molecule has 0 heterocycles. The number of rotatable bonds is 1. The van der Waals surface area contributed by atoms with E-state index < -0.39 is 0 Å². The second-order valence-corrected chi connectivity index (χ2v) is 3.13. The molecule has 0 atom stereocenters. The molecule has 2 N–H and O–H groups in total. The average molecular weight is 189 g/mol. The van der Waals surface area contributed by atoms with Crippen molar-refractivity contribution in [3.63, 3.8) is 0 Å². The van der Waals surface area contributed by atoms with Crippen LogP contribution in [-0.2, 0) is 6.42 Å². The molecule has 0 aliphatic heterocycles. The Morgan fingerprint density at radius 3 is 2.64 bits per heavy atom. The molecule has 1 heteroatoms. The number of fused-ring (bicyclic) bond motifs is 1. The minimum atomic E-state index is 0.664. The minimum Gasteiger partial charge on any atom is -0.326 e. The molecule has 1 aliphatic rings. The summed E-state index contributed by atoms with van der Waals surface area (Å²) in [6.45, 7) is 4.66. The summed E-state index contributed by atoms with van der Waals surface area (Å²) in [6.07, 6.45) is 4.56. The first kappa shape index (κ1) is 11.0. The van der Waals surface area contributed by atoms with E-state index in [1.54, 1.807) is 0 Å². The maximum absolute atomic E-state index is 5.65. The third kappa shape index (κ3) is 2.24. The van der Waals surface area contributed by atoms with Crippen molar-refractivity contribution in [2.24, 2.45) is 5.73 Å². The molecule has 0 aromatic heterocycles. The zero-order valence-corrected chi connectivity index (χ0v) is 9.09. The largest absolute Gasteiger partial charge is 0.326 e. The third-order valence-electron chi connectivity index (χ3n) is 2.39. The molecule has 0 saturated carbocycles. The van der Waals surface area contributed by atoms with Crippen molar-refractivity contribution in [1.29, 1.82) is 0 Å². The van der Waals surface area contributed by atoms with E-state index in [4.69, 9.17) is 5.73 Å². The van der Waals surface area contributed by atoms with E-state index >= 15 is 0 Å². The Bertz CT molecular complexity index is 313. The molecule has 1 aliphatic carbocycles. The fraction of sp³-hybridized carbons (Fsp3) is 0.385. The van der Waals surface area contributed by atoms with Gasteiger partial charge >= 0.3 is 0 Å². The summed E-state index contributed by atoms with van der Waals surface area (Å²) >= 11 is 0. The molecule has 0 fully saturated rings. The Labute approximate surface area is 86.6 Å². The highest BCUT2D eigenvalue weighted by molar-refractivity contribution is 5.71. The Morgan fingerprint density at radius 1 is 1.21 bits per heavy atom. The van der Waals surface area contributed by atoms with Gasteiger partial charge in [0, 0.05) is 6.54 Å². The van der Waals surface area contributed by atoms with Gasteiger partial charge in [0.05, 0.1) is 0 Å². The van der Waals surface area contributed by atoms with Crippen molar-refractivity contribution in [3.05, 3.63) is 41.5 Å². The molecule has 14 heavy (non-hydrogen) atoms. The summed E-state index contributed by atoms with van der Waals surface area (Å²) in [5.74, 6) is 0. The van der Waals surface area contributed by atoms with Gasteiger partial charge in [-0.1, -0.05) is 44.2 Å². The number of hydrogen-bond donors (Lipinski definition) is 1. The molecule has 0 saturated heterocycles. The van der Waals surface area contributed by atoms with E-state index in [-0.39, 0.29) is 0 Å². The van der Waals surface area contributed by atoms with E-state index in [1.165, 1.54) is 23.1 Å². The summed E-state index contributed by atoms with van der Waals surface area (Å²) in [4.78, 5) is 0. The van der Waals surface area contributed by atoms with Crippen LogP contribution in [0.25, 0.3) is 5.57 Å². The number of nitrogens with two attached hydrogens (primary N) is 1. The van der Waals surface area contributed by atoms with Gasteiger partial charge in [0.1, 0.15) is 0 Å². The zero-order valence-electron chi connectivity index (χ0n) is 9.09. The highest BCUT2D eigenvalue weighted by atomic mass is 14.5. The molecule has 0 amide bonds. The summed E-state index contributed by atoms with van der Waals surface area (Å²) < 4.78 is 0. The first-order valence-electron chi connectivity index (χ1n) is 5.39. The maximum atomic E-state index is 5.65. The van der Waals surface area contributed by atoms with E-state index in [2.05, 4.69) is 30.3 Å². The fourth-order valence-corrected chi connectivity index (χ4v) is 1.76. The van der Waals surface area contributed by atoms with Crippen molar-refractivity contribution in [1.82, 2.24) is 0 Å². The van der Waals surface area contributed by atoms with Gasteiger partial charge in [-0.3, -0.25) is 0 Å². The van der Waals surface area contributed by atoms with Crippen molar-refractivity contribution < 1.29 is 0 Å². The molecule has 1 nitrogen and oxygen atoms in total. The Hall–Kier alpha value is -1.08. The SMILES string of the molecule is CC.NCC1=CCCc2ccccc21. The fourth-order valence-electron chi connectivity index (χ4n) is 1.76. The number of hydrogen-bond acceptors (Lipinski definition) is 1. The Kier molecular flexibility index (Phi) is 4.41. The number of aryl methyl sites for hydroxylation is 1. The molecule has 0 unspecified atom stereocenters. The van der Waals surface area contributed by atoms with Crippen LogP contribution in [-0.4, -0.2) is 6.54 Å². The molecular formula is C13H19N. The van der Waals surface area contributed by atoms with Crippen LogP contribution in [0, 0.1) is 0 Å². The molecular weight excluding hydrogens is 170 g/mol. The van der Waals surface area contributed by atoms with Crippen LogP contribution >= 0.6 is 0 Å². The van der Waals surface area contributed by atoms with Crippen LogP contribution in [0.2, 0.25) is 0 Å². The van der Waals surface area contributed by atoms with Crippen molar-refractivity contribution in [2.45, 2.75) is 26.7 Å². The third-order valence-corrected chi connectivity index (χ3v) is 2.39. The monoisotopic (exact) mass is 189 g/mol. The average Bonchev–Trinajstić information content (AvgIpc) is 2.31. The molecule has 2 rings (SSSR count). The predicted molar refractivity (Wildman–Crippen MR) is 63.1 cm³/mol. The summed E-state index contributed by atoms with van der Waals surface area (Å²) in [5.41, 5.74) is 9.75. The van der Waals surface area contributed by atoms with E-state index in [1.807, 2.05) is 13.8 Å². The lowest BCUT2D eigenvalue weighted by molar-refractivity contribution is 0.967. The van der Waals surface area contributed by atoms with Gasteiger partial charge in [-0.15, -0.1) is 0 Å². The van der Waals surface area contributed by atoms with Crippen LogP contribution in [0.3, 0.4) is 0 Å². The van der Waals surface area contributed by atoms with Crippen LogP contribution in [0.4, 0.5) is 0 Å². The molecule has 76 valence electrons. The van der Waals surface area contributed by atoms with Crippen LogP contribution in [0.15, 0.2) is 30.3 Å². The van der Waals surface area contributed by atoms with Gasteiger partial charge in [0.15, 0.2) is 0 Å². The molecule has 0 bridgehead atoms. The van der Waals surface area contributed by atoms with Gasteiger partial charge in [-0.05, 0) is 29.5 Å². The predicted octanol–water partition coefficient (Wildman–Crippen LogP) is 3.00. The van der Waals surface area contributed by atoms with Crippen molar-refractivity contribution in [2.75, 3.05) is 6.54 Å². The molecule has 0 radical (unpaired) electrons. The highest BCUT2D eigenvalue weighted by Gasteiger charge is 2.09. The molecule has 1 aromatic rings. The lowest BCUT2D eigenvalue weighted by Gasteiger charge is -2.15. The van der Waals surface area contributed by atoms with Crippen LogP contribution in [0.1, 0.15) is 31.4 Å². The van der Waals surface area contributed by atoms with Gasteiger partial charge < -0.3 is 5.73 Å². The first-order chi connectivity index (χ1) is 6.92. The number of allylic oxidation sites excluding steroid dienone is 1. The number of benzene rings is 1. The normalized spacial score (nSPS) is 13.5. The van der Waals surface area contributed by atoms with Crippen molar-refractivity contribution >= 4 is 5.57 Å². The Balaban J connectivity index is 0.000000461. The highest BCUT2D eigenvalue weighted by Crippen LogP contribution is 2.24. The lowest BCUT2D eigenvalue weighted by Crippen LogP contribution is -2.07. The second kappa shape index (κ2) is 5.61. The van der Waals surface area contributed by atoms with E-state index in [0.29, 0.717) is 6.54 Å². The van der Waals surface area contributed by atoms with E-state index in [9.17, 15) is 0 Å². The van der Waals surface area contributed by atoms with Crippen LogP contribution < -0.4 is 5.73 Å². The summed E-state index contributed by atoms with van der Waals surface area (Å²) in [6, 6.07) is 8.52. The van der Waals surface area contributed by atoms with Gasteiger partial charge in [0.25, 0.3) is 0 Å². The smallest absolute Gasteiger partial charge is 0.0181 e. The van der Waals surface area contributed by atoms with Gasteiger partial charge in [-0.2, -0.15) is 0 Å². The Morgan fingerprint density at radius 2 is 1.93 bits per heavy atom. The quantitative estimate of drug-likeness (QED) is 0.722. The maximum Gasteiger partial charge on any atom is 0.0181 e. The van der Waals surface area contributed by atoms with Gasteiger partial charge in [0.2, 0.25) is 0 Å². The first-order valence-corrected chi connectivity index (χ1v) is 5.39. The second-order valence-electron chi connectivity index (χ2n) is 3.13. The van der Waals surface area contributed by atoms with Crippen molar-refractivity contribution in [3.8, 4) is 0 Å². The zero-order chi connectivity index (χ0) is 10.4. The summed E-state index contributed by atoms with van der Waals surface area (Å²) in [7, 11) is 0. The topological polar surface area (TPSA) is 26.0 Å². The van der Waals surface area contributed by atoms with Crippen LogP contribution in [0.5, 0.6) is 0 Å². The molecule has 1 aromatic carbocycles. The summed E-state index contributed by atoms with van der Waals surface area (Å²) in [5, 5.41) is 0. The lowest BCUT2D eigenvalue weighted by atomic mass is 9.91. The standard InChI is InChI=1S/C11H13N.C2H6/c12-8-10-6-3-5-9-4-1-2-7-11(9)10;1-2/h1-2,4,6-7H,3,5,8,12H2;1-2H3.